The number of nitrogens with zero attached hydrogens (tertiary/aromatic N) is 4. The number of aryl methyl sites for hydroxylation is 1. The van der Waals surface area contributed by atoms with Crippen LogP contribution in [0.2, 0.25) is 0 Å². The van der Waals surface area contributed by atoms with Crippen LogP contribution in [0.4, 0.5) is 0 Å². The highest BCUT2D eigenvalue weighted by molar-refractivity contribution is 7.99. The van der Waals surface area contributed by atoms with E-state index in [0.29, 0.717) is 29.8 Å². The van der Waals surface area contributed by atoms with Crippen LogP contribution in [0.15, 0.2) is 59.8 Å². The molecule has 0 aliphatic rings. The third-order valence-corrected chi connectivity index (χ3v) is 5.52. The summed E-state index contributed by atoms with van der Waals surface area (Å²) in [7, 11) is 0. The van der Waals surface area contributed by atoms with Crippen molar-refractivity contribution in [3.05, 3.63) is 66.0 Å². The quantitative estimate of drug-likeness (QED) is 0.497. The molecule has 29 heavy (non-hydrogen) atoms. The van der Waals surface area contributed by atoms with E-state index in [1.54, 1.807) is 0 Å². The Balaban J connectivity index is 1.82. The molecule has 3 aromatic rings. The molecule has 3 rings (SSSR count). The number of amides is 1. The highest BCUT2D eigenvalue weighted by Crippen LogP contribution is 2.24. The Kier molecular flexibility index (Phi) is 7.30. The van der Waals surface area contributed by atoms with Crippen LogP contribution in [-0.2, 0) is 11.4 Å². The SMILES string of the molecule is CCN(CC)C(=O)CSc1nnc(COc2ccccc2C)n1-c1ccccc1. The van der Waals surface area contributed by atoms with Gasteiger partial charge in [0.1, 0.15) is 12.4 Å². The van der Waals surface area contributed by atoms with Crippen molar-refractivity contribution in [2.24, 2.45) is 0 Å². The fraction of sp³-hybridized carbons (Fsp3) is 0.318. The first kappa shape index (κ1) is 20.9. The number of carbonyl (C=O) groups is 1. The number of para-hydroxylation sites is 2. The molecule has 0 radical (unpaired) electrons. The van der Waals surface area contributed by atoms with Gasteiger partial charge in [0.25, 0.3) is 0 Å². The topological polar surface area (TPSA) is 60.3 Å². The summed E-state index contributed by atoms with van der Waals surface area (Å²) < 4.78 is 7.95. The van der Waals surface area contributed by atoms with Crippen LogP contribution < -0.4 is 4.74 Å². The number of benzene rings is 2. The normalized spacial score (nSPS) is 10.7. The summed E-state index contributed by atoms with van der Waals surface area (Å²) in [5, 5.41) is 9.36. The fourth-order valence-corrected chi connectivity index (χ4v) is 3.85. The first-order chi connectivity index (χ1) is 14.1. The van der Waals surface area contributed by atoms with Crippen LogP contribution in [0, 0.1) is 6.92 Å². The Morgan fingerprint density at radius 1 is 1.03 bits per heavy atom. The zero-order valence-corrected chi connectivity index (χ0v) is 17.9. The lowest BCUT2D eigenvalue weighted by atomic mass is 10.2. The maximum absolute atomic E-state index is 12.4. The number of rotatable bonds is 9. The third kappa shape index (κ3) is 5.17. The zero-order chi connectivity index (χ0) is 20.6. The summed E-state index contributed by atoms with van der Waals surface area (Å²) in [4.78, 5) is 14.2. The van der Waals surface area contributed by atoms with E-state index >= 15 is 0 Å². The molecule has 1 aromatic heterocycles. The van der Waals surface area contributed by atoms with Gasteiger partial charge < -0.3 is 9.64 Å². The van der Waals surface area contributed by atoms with Gasteiger partial charge in [0, 0.05) is 18.8 Å². The molecule has 7 heteroatoms. The minimum atomic E-state index is 0.0975. The summed E-state index contributed by atoms with van der Waals surface area (Å²) in [6.45, 7) is 7.68. The van der Waals surface area contributed by atoms with E-state index in [1.807, 2.05) is 84.8 Å². The van der Waals surface area contributed by atoms with Crippen LogP contribution in [0.25, 0.3) is 5.69 Å². The maximum Gasteiger partial charge on any atom is 0.233 e. The Bertz CT molecular complexity index is 939. The number of carbonyl (C=O) groups excluding carboxylic acids is 1. The van der Waals surface area contributed by atoms with E-state index in [4.69, 9.17) is 4.74 Å². The van der Waals surface area contributed by atoms with Gasteiger partial charge in [-0.2, -0.15) is 0 Å². The van der Waals surface area contributed by atoms with Crippen molar-refractivity contribution in [3.63, 3.8) is 0 Å². The largest absolute Gasteiger partial charge is 0.485 e. The van der Waals surface area contributed by atoms with Gasteiger partial charge in [0.2, 0.25) is 5.91 Å². The lowest BCUT2D eigenvalue weighted by Crippen LogP contribution is -2.31. The fourth-order valence-electron chi connectivity index (χ4n) is 2.98. The molecule has 0 spiro atoms. The first-order valence-corrected chi connectivity index (χ1v) is 10.7. The standard InChI is InChI=1S/C22H26N4O2S/c1-4-25(5-2)21(27)16-29-22-24-23-20(26(22)18-12-7-6-8-13-18)15-28-19-14-10-9-11-17(19)3/h6-14H,4-5,15-16H2,1-3H3. The van der Waals surface area contributed by atoms with Crippen molar-refractivity contribution in [2.75, 3.05) is 18.8 Å². The minimum absolute atomic E-state index is 0.0975. The van der Waals surface area contributed by atoms with Gasteiger partial charge in [0.05, 0.1) is 5.75 Å². The van der Waals surface area contributed by atoms with E-state index in [9.17, 15) is 4.79 Å². The average molecular weight is 411 g/mol. The van der Waals surface area contributed by atoms with E-state index in [0.717, 1.165) is 17.0 Å². The minimum Gasteiger partial charge on any atom is -0.485 e. The molecular weight excluding hydrogens is 384 g/mol. The van der Waals surface area contributed by atoms with Crippen molar-refractivity contribution < 1.29 is 9.53 Å². The third-order valence-electron chi connectivity index (χ3n) is 4.61. The number of thioether (sulfide) groups is 1. The molecular formula is C22H26N4O2S. The molecule has 0 unspecified atom stereocenters. The van der Waals surface area contributed by atoms with Crippen molar-refractivity contribution in [3.8, 4) is 11.4 Å². The lowest BCUT2D eigenvalue weighted by Gasteiger charge is -2.18. The van der Waals surface area contributed by atoms with Gasteiger partial charge >= 0.3 is 0 Å². The van der Waals surface area contributed by atoms with Crippen LogP contribution in [-0.4, -0.2) is 44.4 Å². The second-order valence-corrected chi connectivity index (χ2v) is 7.42. The number of aromatic nitrogens is 3. The summed E-state index contributed by atoms with van der Waals surface area (Å²) in [6.07, 6.45) is 0. The van der Waals surface area contributed by atoms with Crippen LogP contribution >= 0.6 is 11.8 Å². The molecule has 0 fully saturated rings. The molecule has 152 valence electrons. The average Bonchev–Trinajstić information content (AvgIpc) is 3.16. The Morgan fingerprint density at radius 3 is 2.41 bits per heavy atom. The summed E-state index contributed by atoms with van der Waals surface area (Å²) in [5.41, 5.74) is 2.01. The molecule has 0 bridgehead atoms. The summed E-state index contributed by atoms with van der Waals surface area (Å²) in [5.74, 6) is 1.93. The molecule has 0 saturated heterocycles. The van der Waals surface area contributed by atoms with Gasteiger partial charge in [-0.25, -0.2) is 0 Å². The van der Waals surface area contributed by atoms with Crippen LogP contribution in [0.1, 0.15) is 25.2 Å². The molecule has 0 aliphatic heterocycles. The monoisotopic (exact) mass is 410 g/mol. The Morgan fingerprint density at radius 2 is 1.72 bits per heavy atom. The second-order valence-electron chi connectivity index (χ2n) is 6.48. The van der Waals surface area contributed by atoms with Crippen molar-refractivity contribution >= 4 is 17.7 Å². The molecule has 6 nitrogen and oxygen atoms in total. The molecule has 1 amide bonds. The van der Waals surface area contributed by atoms with Crippen molar-refractivity contribution in [1.29, 1.82) is 0 Å². The first-order valence-electron chi connectivity index (χ1n) is 9.72. The smallest absolute Gasteiger partial charge is 0.233 e. The van der Waals surface area contributed by atoms with Gasteiger partial charge in [-0.1, -0.05) is 48.2 Å². The van der Waals surface area contributed by atoms with E-state index in [2.05, 4.69) is 10.2 Å². The maximum atomic E-state index is 12.4. The van der Waals surface area contributed by atoms with E-state index < -0.39 is 0 Å². The zero-order valence-electron chi connectivity index (χ0n) is 17.0. The summed E-state index contributed by atoms with van der Waals surface area (Å²) >= 11 is 1.40. The molecule has 1 heterocycles. The molecule has 2 aromatic carbocycles. The number of hydrogen-bond donors (Lipinski definition) is 0. The van der Waals surface area contributed by atoms with Gasteiger partial charge in [-0.05, 0) is 44.5 Å². The molecule has 0 N–H and O–H groups in total. The predicted molar refractivity (Wildman–Crippen MR) is 116 cm³/mol. The molecule has 0 aliphatic carbocycles. The predicted octanol–water partition coefficient (Wildman–Crippen LogP) is 4.12. The summed E-state index contributed by atoms with van der Waals surface area (Å²) in [6, 6.07) is 17.8. The highest BCUT2D eigenvalue weighted by atomic mass is 32.2. The molecule has 0 atom stereocenters. The Hall–Kier alpha value is -2.80. The molecule has 0 saturated carbocycles. The number of hydrogen-bond acceptors (Lipinski definition) is 5. The Labute approximate surface area is 175 Å². The van der Waals surface area contributed by atoms with Gasteiger partial charge in [-0.15, -0.1) is 10.2 Å². The second kappa shape index (κ2) is 10.1. The lowest BCUT2D eigenvalue weighted by molar-refractivity contribution is -0.127. The van der Waals surface area contributed by atoms with Gasteiger partial charge in [0.15, 0.2) is 11.0 Å². The number of ether oxygens (including phenoxy) is 1. The van der Waals surface area contributed by atoms with Crippen molar-refractivity contribution in [1.82, 2.24) is 19.7 Å². The van der Waals surface area contributed by atoms with Crippen LogP contribution in [0.3, 0.4) is 0 Å². The van der Waals surface area contributed by atoms with Crippen LogP contribution in [0.5, 0.6) is 5.75 Å². The van der Waals surface area contributed by atoms with E-state index in [-0.39, 0.29) is 12.5 Å². The highest BCUT2D eigenvalue weighted by Gasteiger charge is 2.18. The van der Waals surface area contributed by atoms with E-state index in [1.165, 1.54) is 11.8 Å². The van der Waals surface area contributed by atoms with Crippen molar-refractivity contribution in [2.45, 2.75) is 32.5 Å². The van der Waals surface area contributed by atoms with Gasteiger partial charge in [-0.3, -0.25) is 9.36 Å².